The summed E-state index contributed by atoms with van der Waals surface area (Å²) in [5, 5.41) is 8.65. The van der Waals surface area contributed by atoms with Crippen LogP contribution < -0.4 is 4.90 Å². The summed E-state index contributed by atoms with van der Waals surface area (Å²) in [5.41, 5.74) is -1.63. The van der Waals surface area contributed by atoms with Crippen molar-refractivity contribution in [3.8, 4) is 0 Å². The van der Waals surface area contributed by atoms with Crippen LogP contribution in [0.3, 0.4) is 0 Å². The van der Waals surface area contributed by atoms with E-state index in [9.17, 15) is 18.0 Å². The third-order valence-corrected chi connectivity index (χ3v) is 2.79. The van der Waals surface area contributed by atoms with Crippen molar-refractivity contribution >= 4 is 23.4 Å². The van der Waals surface area contributed by atoms with Gasteiger partial charge in [0.2, 0.25) is 0 Å². The van der Waals surface area contributed by atoms with E-state index in [1.807, 2.05) is 0 Å². The zero-order valence-electron chi connectivity index (χ0n) is 11.1. The normalized spacial score (nSPS) is 12.3. The molecule has 0 bridgehead atoms. The lowest BCUT2D eigenvalue weighted by Crippen LogP contribution is -2.45. The Morgan fingerprint density at radius 3 is 2.30 bits per heavy atom. The Labute approximate surface area is 119 Å². The van der Waals surface area contributed by atoms with Crippen molar-refractivity contribution in [1.29, 1.82) is 0 Å². The highest BCUT2D eigenvalue weighted by atomic mass is 35.5. The van der Waals surface area contributed by atoms with Crippen molar-refractivity contribution in [2.24, 2.45) is 0 Å². The number of aromatic nitrogens is 1. The lowest BCUT2D eigenvalue weighted by molar-refractivity contribution is -0.138. The molecule has 0 aliphatic rings. The summed E-state index contributed by atoms with van der Waals surface area (Å²) in [5.74, 6) is -1.12. The van der Waals surface area contributed by atoms with E-state index in [1.165, 1.54) is 4.90 Å². The first kappa shape index (κ1) is 16.6. The van der Waals surface area contributed by atoms with Gasteiger partial charge in [-0.15, -0.1) is 0 Å². The fraction of sp³-hybridized carbons (Fsp3) is 0.500. The topological polar surface area (TPSA) is 53.4 Å². The second-order valence-electron chi connectivity index (χ2n) is 5.18. The quantitative estimate of drug-likeness (QED) is 0.929. The fourth-order valence-corrected chi connectivity index (χ4v) is 1.82. The molecule has 1 heterocycles. The summed E-state index contributed by atoms with van der Waals surface area (Å²) in [4.78, 5) is 15.9. The molecule has 0 atom stereocenters. The first-order valence-corrected chi connectivity index (χ1v) is 6.03. The molecule has 112 valence electrons. The molecule has 0 aliphatic carbocycles. The molecular formula is C12H14ClF3N2O2. The highest BCUT2D eigenvalue weighted by Crippen LogP contribution is 2.35. The van der Waals surface area contributed by atoms with E-state index >= 15 is 0 Å². The average molecular weight is 311 g/mol. The number of carbonyl (C=O) groups is 1. The van der Waals surface area contributed by atoms with Gasteiger partial charge in [0, 0.05) is 11.7 Å². The number of hydrogen-bond acceptors (Lipinski definition) is 3. The van der Waals surface area contributed by atoms with E-state index in [4.69, 9.17) is 16.7 Å². The summed E-state index contributed by atoms with van der Waals surface area (Å²) >= 11 is 5.82. The van der Waals surface area contributed by atoms with Gasteiger partial charge in [-0.1, -0.05) is 11.6 Å². The van der Waals surface area contributed by atoms with E-state index in [-0.39, 0.29) is 10.8 Å². The van der Waals surface area contributed by atoms with Crippen LogP contribution in [0.15, 0.2) is 12.3 Å². The van der Waals surface area contributed by atoms with Crippen LogP contribution >= 0.6 is 11.6 Å². The standard InChI is InChI=1S/C12H14ClF3N2O2/c1-11(2,3)18(6-9(19)20)10-8(13)4-7(5-17-10)12(14,15)16/h4-5H,6H2,1-3H3,(H,19,20). The minimum Gasteiger partial charge on any atom is -0.480 e. The summed E-state index contributed by atoms with van der Waals surface area (Å²) < 4.78 is 37.6. The summed E-state index contributed by atoms with van der Waals surface area (Å²) in [7, 11) is 0. The van der Waals surface area contributed by atoms with Gasteiger partial charge in [-0.3, -0.25) is 4.79 Å². The number of carboxylic acids is 1. The molecule has 0 fully saturated rings. The number of nitrogens with zero attached hydrogens (tertiary/aromatic N) is 2. The van der Waals surface area contributed by atoms with Crippen LogP contribution in [-0.4, -0.2) is 28.1 Å². The van der Waals surface area contributed by atoms with Crippen molar-refractivity contribution in [3.05, 3.63) is 22.8 Å². The van der Waals surface area contributed by atoms with Crippen LogP contribution in [0.1, 0.15) is 26.3 Å². The molecule has 0 spiro atoms. The van der Waals surface area contributed by atoms with Crippen LogP contribution in [0.5, 0.6) is 0 Å². The third-order valence-electron chi connectivity index (χ3n) is 2.51. The monoisotopic (exact) mass is 310 g/mol. The van der Waals surface area contributed by atoms with E-state index in [1.54, 1.807) is 20.8 Å². The Morgan fingerprint density at radius 1 is 1.40 bits per heavy atom. The average Bonchev–Trinajstić information content (AvgIpc) is 2.23. The SMILES string of the molecule is CC(C)(C)N(CC(=O)O)c1ncc(C(F)(F)F)cc1Cl. The van der Waals surface area contributed by atoms with Crippen molar-refractivity contribution in [1.82, 2.24) is 4.98 Å². The van der Waals surface area contributed by atoms with Gasteiger partial charge in [-0.2, -0.15) is 13.2 Å². The summed E-state index contributed by atoms with van der Waals surface area (Å²) in [6.07, 6.45) is -3.91. The van der Waals surface area contributed by atoms with Crippen LogP contribution in [0.25, 0.3) is 0 Å². The molecule has 1 aromatic heterocycles. The third kappa shape index (κ3) is 4.00. The van der Waals surface area contributed by atoms with Gasteiger partial charge in [0.1, 0.15) is 12.4 Å². The summed E-state index contributed by atoms with van der Waals surface area (Å²) in [6.45, 7) is 4.73. The van der Waals surface area contributed by atoms with Crippen LogP contribution in [0.2, 0.25) is 5.02 Å². The molecule has 0 unspecified atom stereocenters. The van der Waals surface area contributed by atoms with Gasteiger partial charge in [0.05, 0.1) is 10.6 Å². The molecule has 0 radical (unpaired) electrons. The maximum Gasteiger partial charge on any atom is 0.417 e. The first-order valence-electron chi connectivity index (χ1n) is 5.65. The highest BCUT2D eigenvalue weighted by molar-refractivity contribution is 6.33. The Morgan fingerprint density at radius 2 is 1.95 bits per heavy atom. The van der Waals surface area contributed by atoms with Crippen LogP contribution in [0, 0.1) is 0 Å². The predicted molar refractivity (Wildman–Crippen MR) is 69.0 cm³/mol. The number of alkyl halides is 3. The smallest absolute Gasteiger partial charge is 0.417 e. The predicted octanol–water partition coefficient (Wildman–Crippen LogP) is 3.44. The molecule has 0 aromatic carbocycles. The van der Waals surface area contributed by atoms with Crippen LogP contribution in [0.4, 0.5) is 19.0 Å². The number of aliphatic carboxylic acids is 1. The van der Waals surface area contributed by atoms with Crippen molar-refractivity contribution in [2.75, 3.05) is 11.4 Å². The molecule has 20 heavy (non-hydrogen) atoms. The van der Waals surface area contributed by atoms with Gasteiger partial charge < -0.3 is 10.0 Å². The minimum atomic E-state index is -4.55. The van der Waals surface area contributed by atoms with Gasteiger partial charge in [-0.05, 0) is 26.8 Å². The lowest BCUT2D eigenvalue weighted by atomic mass is 10.1. The molecular weight excluding hydrogens is 297 g/mol. The Hall–Kier alpha value is -1.50. The number of pyridine rings is 1. The van der Waals surface area contributed by atoms with Crippen molar-refractivity contribution < 1.29 is 23.1 Å². The number of rotatable bonds is 3. The van der Waals surface area contributed by atoms with E-state index in [0.717, 1.165) is 6.07 Å². The van der Waals surface area contributed by atoms with Gasteiger partial charge in [-0.25, -0.2) is 4.98 Å². The van der Waals surface area contributed by atoms with Crippen molar-refractivity contribution in [2.45, 2.75) is 32.5 Å². The number of hydrogen-bond donors (Lipinski definition) is 1. The first-order chi connectivity index (χ1) is 8.93. The molecule has 0 saturated carbocycles. The molecule has 1 aromatic rings. The molecule has 0 amide bonds. The molecule has 1 rings (SSSR count). The Balaban J connectivity index is 3.26. The van der Waals surface area contributed by atoms with Gasteiger partial charge >= 0.3 is 12.1 Å². The van der Waals surface area contributed by atoms with Crippen LogP contribution in [-0.2, 0) is 11.0 Å². The zero-order chi connectivity index (χ0) is 15.7. The fourth-order valence-electron chi connectivity index (χ4n) is 1.55. The zero-order valence-corrected chi connectivity index (χ0v) is 11.9. The van der Waals surface area contributed by atoms with E-state index in [0.29, 0.717) is 6.20 Å². The minimum absolute atomic E-state index is 0.00886. The maximum atomic E-state index is 12.5. The van der Waals surface area contributed by atoms with E-state index < -0.39 is 29.8 Å². The molecule has 0 aliphatic heterocycles. The molecule has 4 nitrogen and oxygen atoms in total. The van der Waals surface area contributed by atoms with Gasteiger partial charge in [0.15, 0.2) is 0 Å². The molecule has 8 heteroatoms. The molecule has 0 saturated heterocycles. The maximum absolute atomic E-state index is 12.5. The second-order valence-corrected chi connectivity index (χ2v) is 5.59. The Kier molecular flexibility index (Phi) is 4.53. The number of anilines is 1. The number of halogens is 4. The highest BCUT2D eigenvalue weighted by Gasteiger charge is 2.33. The lowest BCUT2D eigenvalue weighted by Gasteiger charge is -2.36. The number of carboxylic acid groups (broad SMARTS) is 1. The largest absolute Gasteiger partial charge is 0.480 e. The van der Waals surface area contributed by atoms with E-state index in [2.05, 4.69) is 4.98 Å². The molecule has 1 N–H and O–H groups in total. The van der Waals surface area contributed by atoms with Crippen molar-refractivity contribution in [3.63, 3.8) is 0 Å². The second kappa shape index (κ2) is 5.47. The van der Waals surface area contributed by atoms with Gasteiger partial charge in [0.25, 0.3) is 0 Å². The Bertz CT molecular complexity index is 512. The summed E-state index contributed by atoms with van der Waals surface area (Å²) in [6, 6.07) is 0.741.